The molecule has 1 heterocycles. The van der Waals surface area contributed by atoms with E-state index in [1.165, 1.54) is 4.88 Å². The summed E-state index contributed by atoms with van der Waals surface area (Å²) < 4.78 is 5.01. The van der Waals surface area contributed by atoms with Crippen molar-refractivity contribution in [3.05, 3.63) is 16.6 Å². The first-order valence-electron chi connectivity index (χ1n) is 3.79. The summed E-state index contributed by atoms with van der Waals surface area (Å²) in [6.45, 7) is 2.56. The van der Waals surface area contributed by atoms with E-state index in [1.54, 1.807) is 18.4 Å². The Morgan fingerprint density at radius 3 is 3.00 bits per heavy atom. The second-order valence-corrected chi connectivity index (χ2v) is 4.20. The fourth-order valence-corrected chi connectivity index (χ4v) is 1.90. The van der Waals surface area contributed by atoms with Gasteiger partial charge in [0.05, 0.1) is 12.1 Å². The van der Waals surface area contributed by atoms with Crippen molar-refractivity contribution in [3.8, 4) is 0 Å². The number of hydrogen-bond acceptors (Lipinski definition) is 4. The van der Waals surface area contributed by atoms with Crippen molar-refractivity contribution < 1.29 is 4.74 Å². The van der Waals surface area contributed by atoms with Crippen LogP contribution in [0.15, 0.2) is 11.7 Å². The van der Waals surface area contributed by atoms with Crippen LogP contribution in [0.1, 0.15) is 11.8 Å². The number of thiazole rings is 1. The maximum Gasteiger partial charge on any atom is 0.0794 e. The monoisotopic (exact) mass is 186 g/mol. The molecular formula is C8H14N2OS. The third-order valence-electron chi connectivity index (χ3n) is 1.54. The van der Waals surface area contributed by atoms with Gasteiger partial charge in [0.2, 0.25) is 0 Å². The normalized spacial score (nSPS) is 15.9. The van der Waals surface area contributed by atoms with Gasteiger partial charge >= 0.3 is 0 Å². The van der Waals surface area contributed by atoms with E-state index < -0.39 is 0 Å². The minimum atomic E-state index is -0.277. The molecule has 1 rings (SSSR count). The summed E-state index contributed by atoms with van der Waals surface area (Å²) >= 11 is 1.63. The van der Waals surface area contributed by atoms with Crippen molar-refractivity contribution >= 4 is 11.3 Å². The Hall–Kier alpha value is -0.450. The molecule has 0 radical (unpaired) electrons. The summed E-state index contributed by atoms with van der Waals surface area (Å²) in [7, 11) is 1.66. The largest absolute Gasteiger partial charge is 0.383 e. The number of nitrogens with zero attached hydrogens (tertiary/aromatic N) is 1. The molecule has 0 amide bonds. The van der Waals surface area contributed by atoms with E-state index >= 15 is 0 Å². The first-order valence-corrected chi connectivity index (χ1v) is 4.67. The molecule has 0 bridgehead atoms. The molecule has 3 nitrogen and oxygen atoms in total. The second kappa shape index (κ2) is 3.98. The lowest BCUT2D eigenvalue weighted by Gasteiger charge is -2.22. The third kappa shape index (κ3) is 2.89. The molecule has 0 saturated carbocycles. The molecule has 0 fully saturated rings. The van der Waals surface area contributed by atoms with Crippen LogP contribution in [0, 0.1) is 0 Å². The number of rotatable bonds is 4. The lowest BCUT2D eigenvalue weighted by molar-refractivity contribution is 0.141. The van der Waals surface area contributed by atoms with Gasteiger partial charge in [-0.15, -0.1) is 11.3 Å². The van der Waals surface area contributed by atoms with E-state index in [4.69, 9.17) is 10.5 Å². The first-order chi connectivity index (χ1) is 5.64. The number of methoxy groups -OCH3 is 1. The highest BCUT2D eigenvalue weighted by Gasteiger charge is 2.19. The zero-order valence-corrected chi connectivity index (χ0v) is 8.23. The summed E-state index contributed by atoms with van der Waals surface area (Å²) in [4.78, 5) is 5.19. The van der Waals surface area contributed by atoms with Gasteiger partial charge in [0.15, 0.2) is 0 Å². The maximum absolute atomic E-state index is 5.97. The molecule has 1 aromatic rings. The minimum Gasteiger partial charge on any atom is -0.383 e. The third-order valence-corrected chi connectivity index (χ3v) is 2.32. The first kappa shape index (κ1) is 9.64. The standard InChI is InChI=1S/C8H14N2OS/c1-8(9,5-11-2)3-7-4-10-6-12-7/h4,6H,3,5,9H2,1-2H3. The molecule has 1 aromatic heterocycles. The van der Waals surface area contributed by atoms with E-state index in [-0.39, 0.29) is 5.54 Å². The van der Waals surface area contributed by atoms with Gasteiger partial charge in [0, 0.05) is 30.1 Å². The van der Waals surface area contributed by atoms with Crippen molar-refractivity contribution in [2.24, 2.45) is 5.73 Å². The maximum atomic E-state index is 5.97. The predicted octanol–water partition coefficient (Wildman–Crippen LogP) is 1.05. The van der Waals surface area contributed by atoms with Gasteiger partial charge in [0.1, 0.15) is 0 Å². The van der Waals surface area contributed by atoms with Gasteiger partial charge in [-0.25, -0.2) is 0 Å². The topological polar surface area (TPSA) is 48.1 Å². The Balaban J connectivity index is 2.50. The summed E-state index contributed by atoms with van der Waals surface area (Å²) in [6, 6.07) is 0. The lowest BCUT2D eigenvalue weighted by atomic mass is 10.0. The predicted molar refractivity (Wildman–Crippen MR) is 50.3 cm³/mol. The van der Waals surface area contributed by atoms with Gasteiger partial charge in [-0.05, 0) is 6.92 Å². The Morgan fingerprint density at radius 1 is 1.75 bits per heavy atom. The van der Waals surface area contributed by atoms with E-state index in [0.717, 1.165) is 6.42 Å². The van der Waals surface area contributed by atoms with Crippen molar-refractivity contribution in [1.29, 1.82) is 0 Å². The van der Waals surface area contributed by atoms with Gasteiger partial charge in [-0.2, -0.15) is 0 Å². The van der Waals surface area contributed by atoms with Gasteiger partial charge in [-0.1, -0.05) is 0 Å². The fourth-order valence-electron chi connectivity index (χ4n) is 1.11. The number of aromatic nitrogens is 1. The summed E-state index contributed by atoms with van der Waals surface area (Å²) in [5.41, 5.74) is 7.51. The molecule has 0 saturated heterocycles. The Labute approximate surface area is 76.6 Å². The summed E-state index contributed by atoms with van der Waals surface area (Å²) in [6.07, 6.45) is 2.68. The molecule has 4 heteroatoms. The van der Waals surface area contributed by atoms with Crippen LogP contribution in [0.5, 0.6) is 0 Å². The average molecular weight is 186 g/mol. The van der Waals surface area contributed by atoms with Crippen molar-refractivity contribution in [3.63, 3.8) is 0 Å². The van der Waals surface area contributed by atoms with Crippen LogP contribution in [0.2, 0.25) is 0 Å². The van der Waals surface area contributed by atoms with Crippen molar-refractivity contribution in [2.75, 3.05) is 13.7 Å². The minimum absolute atomic E-state index is 0.277. The molecule has 0 aromatic carbocycles. The quantitative estimate of drug-likeness (QED) is 0.764. The van der Waals surface area contributed by atoms with Crippen molar-refractivity contribution in [2.45, 2.75) is 18.9 Å². The summed E-state index contributed by atoms with van der Waals surface area (Å²) in [5, 5.41) is 0. The van der Waals surface area contributed by atoms with Crippen LogP contribution in [-0.2, 0) is 11.2 Å². The number of hydrogen-bond donors (Lipinski definition) is 1. The molecular weight excluding hydrogens is 172 g/mol. The number of ether oxygens (including phenoxy) is 1. The molecule has 12 heavy (non-hydrogen) atoms. The molecule has 0 aliphatic rings. The SMILES string of the molecule is COCC(C)(N)Cc1cncs1. The van der Waals surface area contributed by atoms with E-state index in [2.05, 4.69) is 4.98 Å². The van der Waals surface area contributed by atoms with Crippen LogP contribution in [0.3, 0.4) is 0 Å². The van der Waals surface area contributed by atoms with Crippen LogP contribution >= 0.6 is 11.3 Å². The Kier molecular flexibility index (Phi) is 3.20. The van der Waals surface area contributed by atoms with Crippen LogP contribution in [0.4, 0.5) is 0 Å². The van der Waals surface area contributed by atoms with Gasteiger partial charge in [-0.3, -0.25) is 4.98 Å². The second-order valence-electron chi connectivity index (χ2n) is 3.23. The highest BCUT2D eigenvalue weighted by atomic mass is 32.1. The molecule has 1 unspecified atom stereocenters. The van der Waals surface area contributed by atoms with Crippen LogP contribution in [-0.4, -0.2) is 24.2 Å². The highest BCUT2D eigenvalue weighted by molar-refractivity contribution is 7.09. The number of nitrogens with two attached hydrogens (primary N) is 1. The lowest BCUT2D eigenvalue weighted by Crippen LogP contribution is -2.42. The van der Waals surface area contributed by atoms with Crippen LogP contribution in [0.25, 0.3) is 0 Å². The van der Waals surface area contributed by atoms with Gasteiger partial charge in [0.25, 0.3) is 0 Å². The molecule has 0 aliphatic carbocycles. The zero-order valence-electron chi connectivity index (χ0n) is 7.41. The van der Waals surface area contributed by atoms with E-state index in [9.17, 15) is 0 Å². The van der Waals surface area contributed by atoms with Crippen LogP contribution < -0.4 is 5.73 Å². The smallest absolute Gasteiger partial charge is 0.0794 e. The summed E-state index contributed by atoms with van der Waals surface area (Å²) in [5.74, 6) is 0. The highest BCUT2D eigenvalue weighted by Crippen LogP contribution is 2.14. The zero-order chi connectivity index (χ0) is 9.03. The average Bonchev–Trinajstić information content (AvgIpc) is 2.38. The fraction of sp³-hybridized carbons (Fsp3) is 0.625. The van der Waals surface area contributed by atoms with Crippen molar-refractivity contribution in [1.82, 2.24) is 4.98 Å². The Morgan fingerprint density at radius 2 is 2.50 bits per heavy atom. The molecule has 0 spiro atoms. The van der Waals surface area contributed by atoms with E-state index in [1.807, 2.05) is 18.6 Å². The van der Waals surface area contributed by atoms with Gasteiger partial charge < -0.3 is 10.5 Å². The molecule has 1 atom stereocenters. The van der Waals surface area contributed by atoms with E-state index in [0.29, 0.717) is 6.61 Å². The molecule has 0 aliphatic heterocycles. The Bertz CT molecular complexity index is 221. The molecule has 68 valence electrons. The molecule has 2 N–H and O–H groups in total.